The first-order valence-electron chi connectivity index (χ1n) is 3.70. The largest absolute Gasteiger partial charge is 0.422 e. The predicted molar refractivity (Wildman–Crippen MR) is 41.3 cm³/mol. The molecule has 0 radical (unpaired) electrons. The first kappa shape index (κ1) is 10.2. The molecule has 4 heteroatoms. The fourth-order valence-electron chi connectivity index (χ4n) is 0.531. The molecule has 0 aromatic rings. The van der Waals surface area contributed by atoms with E-state index in [0.29, 0.717) is 6.54 Å². The van der Waals surface area contributed by atoms with Gasteiger partial charge in [0.25, 0.3) is 0 Å². The second-order valence-electron chi connectivity index (χ2n) is 2.12. The highest BCUT2D eigenvalue weighted by Crippen LogP contribution is 1.83. The number of nitrogens with one attached hydrogen (secondary N) is 1. The molecule has 0 aliphatic carbocycles. The zero-order valence-corrected chi connectivity index (χ0v) is 7.05. The lowest BCUT2D eigenvalue weighted by Gasteiger charge is -2.04. The lowest BCUT2D eigenvalue weighted by Crippen LogP contribution is -2.25. The summed E-state index contributed by atoms with van der Waals surface area (Å²) in [7, 11) is 1.47. The summed E-state index contributed by atoms with van der Waals surface area (Å²) in [5, 5.41) is 2.58. The summed E-state index contributed by atoms with van der Waals surface area (Å²) in [6.07, 6.45) is 1.62. The number of hydrogen-bond donors (Lipinski definition) is 1. The number of ether oxygens (including phenoxy) is 2. The Hall–Kier alpha value is -0.770. The molecule has 0 aliphatic rings. The van der Waals surface area contributed by atoms with Crippen LogP contribution >= 0.6 is 0 Å². The maximum absolute atomic E-state index is 10.7. The van der Waals surface area contributed by atoms with Crippen LogP contribution in [0.15, 0.2) is 0 Å². The SMILES string of the molecule is CCCCNC(=O)OCOC. The number of carbonyl (C=O) groups is 1. The third kappa shape index (κ3) is 7.12. The fourth-order valence-corrected chi connectivity index (χ4v) is 0.531. The smallest absolute Gasteiger partial charge is 0.409 e. The summed E-state index contributed by atoms with van der Waals surface area (Å²) < 4.78 is 9.10. The zero-order valence-electron chi connectivity index (χ0n) is 7.05. The van der Waals surface area contributed by atoms with Crippen molar-refractivity contribution in [1.29, 1.82) is 0 Å². The van der Waals surface area contributed by atoms with E-state index < -0.39 is 6.09 Å². The van der Waals surface area contributed by atoms with Crippen LogP contribution in [0.1, 0.15) is 19.8 Å². The lowest BCUT2D eigenvalue weighted by atomic mass is 10.3. The van der Waals surface area contributed by atoms with Crippen molar-refractivity contribution in [3.05, 3.63) is 0 Å². The van der Waals surface area contributed by atoms with Crippen LogP contribution in [0.4, 0.5) is 4.79 Å². The Bertz CT molecular complexity index is 106. The molecule has 0 heterocycles. The van der Waals surface area contributed by atoms with Crippen molar-refractivity contribution in [1.82, 2.24) is 5.32 Å². The molecule has 0 aliphatic heterocycles. The minimum absolute atomic E-state index is 0.0119. The summed E-state index contributed by atoms with van der Waals surface area (Å²) in [5.74, 6) is 0. The van der Waals surface area contributed by atoms with E-state index >= 15 is 0 Å². The van der Waals surface area contributed by atoms with Crippen molar-refractivity contribution >= 4 is 6.09 Å². The number of unbranched alkanes of at least 4 members (excludes halogenated alkanes) is 1. The third-order valence-electron chi connectivity index (χ3n) is 1.11. The highest BCUT2D eigenvalue weighted by atomic mass is 16.7. The van der Waals surface area contributed by atoms with Crippen LogP contribution in [0.25, 0.3) is 0 Å². The Morgan fingerprint density at radius 1 is 1.55 bits per heavy atom. The fraction of sp³-hybridized carbons (Fsp3) is 0.857. The minimum atomic E-state index is -0.416. The van der Waals surface area contributed by atoms with E-state index in [1.165, 1.54) is 7.11 Å². The zero-order chi connectivity index (χ0) is 8.53. The lowest BCUT2D eigenvalue weighted by molar-refractivity contribution is 0.0120. The number of carbonyl (C=O) groups excluding carboxylic acids is 1. The minimum Gasteiger partial charge on any atom is -0.422 e. The first-order valence-corrected chi connectivity index (χ1v) is 3.70. The van der Waals surface area contributed by atoms with E-state index in [0.717, 1.165) is 12.8 Å². The third-order valence-corrected chi connectivity index (χ3v) is 1.11. The molecule has 0 atom stereocenters. The van der Waals surface area contributed by atoms with Gasteiger partial charge in [-0.05, 0) is 6.42 Å². The monoisotopic (exact) mass is 161 g/mol. The van der Waals surface area contributed by atoms with Crippen LogP contribution in [0.3, 0.4) is 0 Å². The van der Waals surface area contributed by atoms with E-state index in [1.54, 1.807) is 0 Å². The van der Waals surface area contributed by atoms with Gasteiger partial charge in [0, 0.05) is 13.7 Å². The molecule has 0 saturated heterocycles. The molecule has 0 bridgehead atoms. The van der Waals surface area contributed by atoms with Gasteiger partial charge in [0.05, 0.1) is 0 Å². The maximum Gasteiger partial charge on any atom is 0.409 e. The van der Waals surface area contributed by atoms with E-state index in [4.69, 9.17) is 0 Å². The Balaban J connectivity index is 3.09. The molecule has 11 heavy (non-hydrogen) atoms. The molecular weight excluding hydrogens is 146 g/mol. The topological polar surface area (TPSA) is 47.6 Å². The van der Waals surface area contributed by atoms with Crippen LogP contribution < -0.4 is 5.32 Å². The molecule has 4 nitrogen and oxygen atoms in total. The van der Waals surface area contributed by atoms with Crippen molar-refractivity contribution in [2.75, 3.05) is 20.4 Å². The molecule has 0 unspecified atom stereocenters. The van der Waals surface area contributed by atoms with E-state index in [2.05, 4.69) is 21.7 Å². The summed E-state index contributed by atoms with van der Waals surface area (Å²) >= 11 is 0. The van der Waals surface area contributed by atoms with Gasteiger partial charge in [-0.25, -0.2) is 4.79 Å². The van der Waals surface area contributed by atoms with E-state index in [9.17, 15) is 4.79 Å². The van der Waals surface area contributed by atoms with Gasteiger partial charge in [-0.2, -0.15) is 0 Å². The summed E-state index contributed by atoms with van der Waals surface area (Å²) in [6, 6.07) is 0. The molecule has 0 aromatic carbocycles. The molecular formula is C7H15NO3. The average molecular weight is 161 g/mol. The van der Waals surface area contributed by atoms with Crippen LogP contribution in [-0.4, -0.2) is 26.5 Å². The van der Waals surface area contributed by atoms with Gasteiger partial charge >= 0.3 is 6.09 Å². The van der Waals surface area contributed by atoms with Crippen molar-refractivity contribution < 1.29 is 14.3 Å². The van der Waals surface area contributed by atoms with Gasteiger partial charge in [-0.15, -0.1) is 0 Å². The average Bonchev–Trinajstić information content (AvgIpc) is 2.01. The van der Waals surface area contributed by atoms with Crippen LogP contribution in [0.5, 0.6) is 0 Å². The van der Waals surface area contributed by atoms with E-state index in [1.807, 2.05) is 0 Å². The van der Waals surface area contributed by atoms with Crippen molar-refractivity contribution in [2.24, 2.45) is 0 Å². The Kier molecular flexibility index (Phi) is 6.82. The van der Waals surface area contributed by atoms with Gasteiger partial charge in [-0.1, -0.05) is 13.3 Å². The van der Waals surface area contributed by atoms with Crippen LogP contribution in [-0.2, 0) is 9.47 Å². The van der Waals surface area contributed by atoms with Crippen LogP contribution in [0.2, 0.25) is 0 Å². The number of rotatable bonds is 5. The molecule has 0 fully saturated rings. The highest BCUT2D eigenvalue weighted by molar-refractivity contribution is 5.66. The van der Waals surface area contributed by atoms with Crippen molar-refractivity contribution in [3.8, 4) is 0 Å². The summed E-state index contributed by atoms with van der Waals surface area (Å²) in [5.41, 5.74) is 0. The Morgan fingerprint density at radius 3 is 2.82 bits per heavy atom. The molecule has 66 valence electrons. The van der Waals surface area contributed by atoms with E-state index in [-0.39, 0.29) is 6.79 Å². The highest BCUT2D eigenvalue weighted by Gasteiger charge is 1.97. The van der Waals surface area contributed by atoms with Crippen molar-refractivity contribution in [3.63, 3.8) is 0 Å². The van der Waals surface area contributed by atoms with Gasteiger partial charge in [0.2, 0.25) is 0 Å². The quantitative estimate of drug-likeness (QED) is 0.485. The Morgan fingerprint density at radius 2 is 2.27 bits per heavy atom. The number of amides is 1. The normalized spacial score (nSPS) is 9.27. The second-order valence-corrected chi connectivity index (χ2v) is 2.12. The Labute approximate surface area is 66.9 Å². The first-order chi connectivity index (χ1) is 5.31. The molecule has 1 amide bonds. The predicted octanol–water partition coefficient (Wildman–Crippen LogP) is 1.12. The second kappa shape index (κ2) is 7.34. The number of methoxy groups -OCH3 is 1. The summed E-state index contributed by atoms with van der Waals surface area (Å²) in [6.45, 7) is 2.74. The van der Waals surface area contributed by atoms with Gasteiger partial charge < -0.3 is 14.8 Å². The van der Waals surface area contributed by atoms with Crippen molar-refractivity contribution in [2.45, 2.75) is 19.8 Å². The molecule has 0 aromatic heterocycles. The molecule has 0 rings (SSSR count). The molecule has 0 spiro atoms. The summed E-state index contributed by atoms with van der Waals surface area (Å²) in [4.78, 5) is 10.7. The van der Waals surface area contributed by atoms with Gasteiger partial charge in [0.1, 0.15) is 0 Å². The standard InChI is InChI=1S/C7H15NO3/c1-3-4-5-8-7(9)11-6-10-2/h3-6H2,1-2H3,(H,8,9). The molecule has 0 saturated carbocycles. The maximum atomic E-state index is 10.7. The van der Waals surface area contributed by atoms with Gasteiger partial charge in [0.15, 0.2) is 6.79 Å². The number of alkyl carbamates (subject to hydrolysis) is 1. The van der Waals surface area contributed by atoms with Crippen LogP contribution in [0, 0.1) is 0 Å². The van der Waals surface area contributed by atoms with Gasteiger partial charge in [-0.3, -0.25) is 0 Å². The molecule has 1 N–H and O–H groups in total. The number of hydrogen-bond acceptors (Lipinski definition) is 3.